The lowest BCUT2D eigenvalue weighted by molar-refractivity contribution is 0.385. The van der Waals surface area contributed by atoms with Crippen LogP contribution in [0.25, 0.3) is 22.7 Å². The van der Waals surface area contributed by atoms with Crippen molar-refractivity contribution in [2.75, 3.05) is 0 Å². The van der Waals surface area contributed by atoms with Crippen molar-refractivity contribution in [1.29, 1.82) is 0 Å². The third-order valence-electron chi connectivity index (χ3n) is 4.23. The van der Waals surface area contributed by atoms with E-state index in [1.54, 1.807) is 10.7 Å². The van der Waals surface area contributed by atoms with E-state index in [9.17, 15) is 0 Å². The van der Waals surface area contributed by atoms with Gasteiger partial charge >= 0.3 is 0 Å². The smallest absolute Gasteiger partial charge is 0.233 e. The molecular weight excluding hydrogens is 330 g/mol. The third-order valence-corrected chi connectivity index (χ3v) is 4.23. The van der Waals surface area contributed by atoms with Crippen molar-refractivity contribution < 1.29 is 4.52 Å². The first kappa shape index (κ1) is 14.8. The Morgan fingerprint density at radius 3 is 2.92 bits per heavy atom. The van der Waals surface area contributed by atoms with Crippen molar-refractivity contribution in [3.05, 3.63) is 65.8 Å². The van der Waals surface area contributed by atoms with Gasteiger partial charge < -0.3 is 8.92 Å². The van der Waals surface area contributed by atoms with Crippen LogP contribution in [0.15, 0.2) is 47.4 Å². The van der Waals surface area contributed by atoms with Crippen molar-refractivity contribution in [3.8, 4) is 11.4 Å². The Morgan fingerprint density at radius 2 is 2.04 bits per heavy atom. The van der Waals surface area contributed by atoms with Gasteiger partial charge in [-0.15, -0.1) is 0 Å². The Hall–Kier alpha value is -3.55. The van der Waals surface area contributed by atoms with Crippen molar-refractivity contribution in [1.82, 2.24) is 34.1 Å². The highest BCUT2D eigenvalue weighted by Crippen LogP contribution is 2.22. The van der Waals surface area contributed by atoms with Gasteiger partial charge in [0.05, 0.1) is 23.9 Å². The van der Waals surface area contributed by atoms with Crippen LogP contribution in [0.2, 0.25) is 0 Å². The van der Waals surface area contributed by atoms with Gasteiger partial charge in [0.2, 0.25) is 11.7 Å². The van der Waals surface area contributed by atoms with Crippen LogP contribution in [-0.2, 0) is 6.42 Å². The number of rotatable bonds is 3. The predicted octanol–water partition coefficient (Wildman–Crippen LogP) is 2.63. The second kappa shape index (κ2) is 5.48. The molecule has 5 aromatic heterocycles. The monoisotopic (exact) mass is 345 g/mol. The Labute approximate surface area is 148 Å². The van der Waals surface area contributed by atoms with E-state index in [0.29, 0.717) is 18.1 Å². The zero-order chi connectivity index (χ0) is 17.7. The van der Waals surface area contributed by atoms with Crippen LogP contribution in [0, 0.1) is 13.8 Å². The van der Waals surface area contributed by atoms with Crippen molar-refractivity contribution in [2.45, 2.75) is 20.3 Å². The molecule has 0 radical (unpaired) electrons. The second-order valence-electron chi connectivity index (χ2n) is 6.22. The van der Waals surface area contributed by atoms with Crippen molar-refractivity contribution >= 4 is 11.3 Å². The fraction of sp³-hybridized carbons (Fsp3) is 0.167. The van der Waals surface area contributed by atoms with E-state index in [-0.39, 0.29) is 0 Å². The Kier molecular flexibility index (Phi) is 3.11. The van der Waals surface area contributed by atoms with Crippen LogP contribution in [0.1, 0.15) is 23.0 Å². The molecule has 8 nitrogen and oxygen atoms in total. The fourth-order valence-corrected chi connectivity index (χ4v) is 3.09. The summed E-state index contributed by atoms with van der Waals surface area (Å²) in [5.74, 6) is 0.989. The molecule has 0 fully saturated rings. The summed E-state index contributed by atoms with van der Waals surface area (Å²) >= 11 is 0. The first-order chi connectivity index (χ1) is 12.7. The van der Waals surface area contributed by atoms with E-state index >= 15 is 0 Å². The molecule has 26 heavy (non-hydrogen) atoms. The Balaban J connectivity index is 1.50. The molecule has 8 heteroatoms. The topological polar surface area (TPSA) is 86.4 Å². The van der Waals surface area contributed by atoms with E-state index in [0.717, 1.165) is 33.9 Å². The van der Waals surface area contributed by atoms with E-state index in [1.165, 1.54) is 0 Å². The zero-order valence-electron chi connectivity index (χ0n) is 14.3. The minimum Gasteiger partial charge on any atom is -0.339 e. The SMILES string of the molecule is Cc1cc(C)n2ncc(-c3noc(Cc4cn5ccccc5n4)n3)c2n1. The summed E-state index contributed by atoms with van der Waals surface area (Å²) in [5.41, 5.74) is 5.16. The molecule has 5 heterocycles. The van der Waals surface area contributed by atoms with Crippen molar-refractivity contribution in [2.24, 2.45) is 0 Å². The average Bonchev–Trinajstić information content (AvgIpc) is 3.32. The molecule has 0 aromatic carbocycles. The molecular formula is C18H15N7O. The molecule has 0 N–H and O–H groups in total. The van der Waals surface area contributed by atoms with Gasteiger partial charge in [-0.3, -0.25) is 0 Å². The van der Waals surface area contributed by atoms with E-state index in [2.05, 4.69) is 25.2 Å². The standard InChI is InChI=1S/C18H15N7O/c1-11-7-12(2)25-18(20-11)14(9-19-25)17-22-16(26-23-17)8-13-10-24-6-4-3-5-15(24)21-13/h3-7,9-10H,8H2,1-2H3. The number of hydrogen-bond acceptors (Lipinski definition) is 6. The van der Waals surface area contributed by atoms with Crippen LogP contribution >= 0.6 is 0 Å². The molecule has 0 spiro atoms. The quantitative estimate of drug-likeness (QED) is 0.500. The van der Waals surface area contributed by atoms with Gasteiger partial charge in [0.25, 0.3) is 0 Å². The van der Waals surface area contributed by atoms with Crippen LogP contribution in [0.3, 0.4) is 0 Å². The fourth-order valence-electron chi connectivity index (χ4n) is 3.09. The van der Waals surface area contributed by atoms with Gasteiger partial charge in [0.15, 0.2) is 5.65 Å². The molecule has 128 valence electrons. The van der Waals surface area contributed by atoms with Gasteiger partial charge in [-0.2, -0.15) is 10.1 Å². The lowest BCUT2D eigenvalue weighted by atomic mass is 10.3. The van der Waals surface area contributed by atoms with E-state index < -0.39 is 0 Å². The van der Waals surface area contributed by atoms with E-state index in [4.69, 9.17) is 4.52 Å². The van der Waals surface area contributed by atoms with Gasteiger partial charge in [-0.1, -0.05) is 11.2 Å². The van der Waals surface area contributed by atoms with Crippen LogP contribution in [0.4, 0.5) is 0 Å². The molecule has 0 aliphatic carbocycles. The van der Waals surface area contributed by atoms with Crippen molar-refractivity contribution in [3.63, 3.8) is 0 Å². The second-order valence-corrected chi connectivity index (χ2v) is 6.22. The van der Waals surface area contributed by atoms with Gasteiger partial charge in [-0.05, 0) is 32.0 Å². The summed E-state index contributed by atoms with van der Waals surface area (Å²) < 4.78 is 9.17. The maximum absolute atomic E-state index is 5.42. The number of pyridine rings is 1. The summed E-state index contributed by atoms with van der Waals surface area (Å²) in [6, 6.07) is 7.86. The summed E-state index contributed by atoms with van der Waals surface area (Å²) in [7, 11) is 0. The molecule has 0 aliphatic heterocycles. The Morgan fingerprint density at radius 1 is 1.12 bits per heavy atom. The maximum atomic E-state index is 5.42. The first-order valence-corrected chi connectivity index (χ1v) is 8.25. The first-order valence-electron chi connectivity index (χ1n) is 8.25. The summed E-state index contributed by atoms with van der Waals surface area (Å²) in [6.07, 6.45) is 6.11. The zero-order valence-corrected chi connectivity index (χ0v) is 14.3. The number of imidazole rings is 1. The molecule has 0 saturated heterocycles. The lowest BCUT2D eigenvalue weighted by Crippen LogP contribution is -1.97. The number of aryl methyl sites for hydroxylation is 2. The average molecular weight is 345 g/mol. The maximum Gasteiger partial charge on any atom is 0.233 e. The molecule has 5 aromatic rings. The summed E-state index contributed by atoms with van der Waals surface area (Å²) in [5, 5.41) is 8.48. The molecule has 0 unspecified atom stereocenters. The number of aromatic nitrogens is 7. The highest BCUT2D eigenvalue weighted by Gasteiger charge is 2.17. The van der Waals surface area contributed by atoms with Gasteiger partial charge in [-0.25, -0.2) is 14.5 Å². The Bertz CT molecular complexity index is 1210. The molecule has 0 aliphatic rings. The third kappa shape index (κ3) is 2.34. The molecule has 0 bridgehead atoms. The van der Waals surface area contributed by atoms with Crippen LogP contribution in [0.5, 0.6) is 0 Å². The van der Waals surface area contributed by atoms with Gasteiger partial charge in [0, 0.05) is 23.8 Å². The number of fused-ring (bicyclic) bond motifs is 2. The molecule has 5 rings (SSSR count). The minimum atomic E-state index is 0.472. The van der Waals surface area contributed by atoms with Gasteiger partial charge in [0.1, 0.15) is 5.65 Å². The molecule has 0 amide bonds. The summed E-state index contributed by atoms with van der Waals surface area (Å²) in [4.78, 5) is 13.6. The molecule has 0 atom stereocenters. The number of hydrogen-bond donors (Lipinski definition) is 0. The highest BCUT2D eigenvalue weighted by atomic mass is 16.5. The highest BCUT2D eigenvalue weighted by molar-refractivity contribution is 5.72. The lowest BCUT2D eigenvalue weighted by Gasteiger charge is -2.00. The van der Waals surface area contributed by atoms with Crippen LogP contribution < -0.4 is 0 Å². The normalized spacial score (nSPS) is 11.6. The van der Waals surface area contributed by atoms with E-state index in [1.807, 2.05) is 54.9 Å². The molecule has 0 saturated carbocycles. The minimum absolute atomic E-state index is 0.472. The number of nitrogens with zero attached hydrogens (tertiary/aromatic N) is 7. The predicted molar refractivity (Wildman–Crippen MR) is 93.8 cm³/mol. The van der Waals surface area contributed by atoms with Crippen LogP contribution in [-0.4, -0.2) is 34.1 Å². The summed E-state index contributed by atoms with van der Waals surface area (Å²) in [6.45, 7) is 3.94. The largest absolute Gasteiger partial charge is 0.339 e.